The van der Waals surface area contributed by atoms with E-state index in [1.165, 1.54) is 0 Å². The van der Waals surface area contributed by atoms with Crippen molar-refractivity contribution in [2.24, 2.45) is 5.92 Å². The Labute approximate surface area is 115 Å². The van der Waals surface area contributed by atoms with Gasteiger partial charge in [-0.25, -0.2) is 0 Å². The summed E-state index contributed by atoms with van der Waals surface area (Å²) in [6.45, 7) is 9.27. The first-order chi connectivity index (χ1) is 8.90. The van der Waals surface area contributed by atoms with E-state index in [1.54, 1.807) is 6.07 Å². The minimum Gasteiger partial charge on any atom is -0.397 e. The minimum atomic E-state index is 0.126. The Balaban J connectivity index is 2.26. The summed E-state index contributed by atoms with van der Waals surface area (Å²) in [7, 11) is 0. The molecule has 1 aliphatic rings. The number of nitrogen functional groups attached to an aromatic ring is 1. The zero-order chi connectivity index (χ0) is 14.2. The van der Waals surface area contributed by atoms with Gasteiger partial charge in [-0.2, -0.15) is 0 Å². The molecule has 4 nitrogen and oxygen atoms in total. The molecule has 1 saturated carbocycles. The standard InChI is InChI=1S/C15H25N3O/c1-10(2)8-18(13-5-6-13)15(19)14-7-12(16)9-17(14)11(3)4/h7,9-11,13H,5-6,8,16H2,1-4H3. The Morgan fingerprint density at radius 1 is 1.42 bits per heavy atom. The van der Waals surface area contributed by atoms with Gasteiger partial charge in [-0.1, -0.05) is 13.8 Å². The van der Waals surface area contributed by atoms with Crippen molar-refractivity contribution in [1.29, 1.82) is 0 Å². The number of hydrogen-bond acceptors (Lipinski definition) is 2. The third-order valence-corrected chi connectivity index (χ3v) is 3.46. The van der Waals surface area contributed by atoms with Gasteiger partial charge in [0, 0.05) is 24.8 Å². The van der Waals surface area contributed by atoms with E-state index < -0.39 is 0 Å². The van der Waals surface area contributed by atoms with Crippen LogP contribution in [0.4, 0.5) is 5.69 Å². The first-order valence-corrected chi connectivity index (χ1v) is 7.18. The summed E-state index contributed by atoms with van der Waals surface area (Å²) < 4.78 is 1.98. The summed E-state index contributed by atoms with van der Waals surface area (Å²) in [5, 5.41) is 0. The molecule has 1 aromatic rings. The Bertz CT molecular complexity index is 458. The first-order valence-electron chi connectivity index (χ1n) is 7.18. The van der Waals surface area contributed by atoms with Gasteiger partial charge < -0.3 is 15.2 Å². The monoisotopic (exact) mass is 263 g/mol. The molecule has 4 heteroatoms. The van der Waals surface area contributed by atoms with Gasteiger partial charge >= 0.3 is 0 Å². The molecule has 0 aliphatic heterocycles. The predicted octanol–water partition coefficient (Wildman–Crippen LogP) is 2.91. The maximum atomic E-state index is 12.7. The smallest absolute Gasteiger partial charge is 0.270 e. The number of aromatic nitrogens is 1. The Morgan fingerprint density at radius 2 is 2.05 bits per heavy atom. The molecular formula is C15H25N3O. The van der Waals surface area contributed by atoms with Crippen LogP contribution in [-0.2, 0) is 0 Å². The molecule has 0 radical (unpaired) electrons. The molecular weight excluding hydrogens is 238 g/mol. The zero-order valence-corrected chi connectivity index (χ0v) is 12.4. The van der Waals surface area contributed by atoms with E-state index >= 15 is 0 Å². The molecule has 106 valence electrons. The highest BCUT2D eigenvalue weighted by Crippen LogP contribution is 2.30. The fraction of sp³-hybridized carbons (Fsp3) is 0.667. The lowest BCUT2D eigenvalue weighted by Gasteiger charge is -2.25. The van der Waals surface area contributed by atoms with E-state index in [0.29, 0.717) is 17.6 Å². The van der Waals surface area contributed by atoms with Crippen molar-refractivity contribution >= 4 is 11.6 Å². The largest absolute Gasteiger partial charge is 0.397 e. The summed E-state index contributed by atoms with van der Waals surface area (Å²) in [5.74, 6) is 0.617. The molecule has 0 saturated heterocycles. The average Bonchev–Trinajstić information content (AvgIpc) is 3.07. The highest BCUT2D eigenvalue weighted by Gasteiger charge is 2.34. The second kappa shape index (κ2) is 5.27. The van der Waals surface area contributed by atoms with Gasteiger partial charge in [0.2, 0.25) is 0 Å². The highest BCUT2D eigenvalue weighted by atomic mass is 16.2. The number of rotatable bonds is 5. The van der Waals surface area contributed by atoms with Crippen molar-refractivity contribution in [1.82, 2.24) is 9.47 Å². The van der Waals surface area contributed by atoms with E-state index in [-0.39, 0.29) is 11.9 Å². The molecule has 0 unspecified atom stereocenters. The van der Waals surface area contributed by atoms with Crippen LogP contribution in [0.2, 0.25) is 0 Å². The van der Waals surface area contributed by atoms with Crippen molar-refractivity contribution in [2.75, 3.05) is 12.3 Å². The maximum absolute atomic E-state index is 12.7. The Hall–Kier alpha value is -1.45. The molecule has 1 heterocycles. The topological polar surface area (TPSA) is 51.3 Å². The van der Waals surface area contributed by atoms with Crippen molar-refractivity contribution < 1.29 is 4.79 Å². The average molecular weight is 263 g/mol. The number of carbonyl (C=O) groups excluding carboxylic acids is 1. The molecule has 0 spiro atoms. The zero-order valence-electron chi connectivity index (χ0n) is 12.4. The molecule has 1 amide bonds. The normalized spacial score (nSPS) is 15.3. The second-order valence-corrected chi connectivity index (χ2v) is 6.24. The summed E-state index contributed by atoms with van der Waals surface area (Å²) >= 11 is 0. The molecule has 0 atom stereocenters. The lowest BCUT2D eigenvalue weighted by Crippen LogP contribution is -2.37. The van der Waals surface area contributed by atoms with Crippen LogP contribution in [0.3, 0.4) is 0 Å². The van der Waals surface area contributed by atoms with Crippen LogP contribution < -0.4 is 5.73 Å². The first kappa shape index (κ1) is 14.0. The van der Waals surface area contributed by atoms with Crippen molar-refractivity contribution in [3.05, 3.63) is 18.0 Å². The summed E-state index contributed by atoms with van der Waals surface area (Å²) in [5.41, 5.74) is 7.24. The molecule has 1 fully saturated rings. The third-order valence-electron chi connectivity index (χ3n) is 3.46. The van der Waals surface area contributed by atoms with Gasteiger partial charge in [0.05, 0.1) is 5.69 Å². The van der Waals surface area contributed by atoms with Crippen LogP contribution in [0, 0.1) is 5.92 Å². The quantitative estimate of drug-likeness (QED) is 0.888. The number of carbonyl (C=O) groups is 1. The van der Waals surface area contributed by atoms with Crippen molar-refractivity contribution in [3.8, 4) is 0 Å². The number of amides is 1. The van der Waals surface area contributed by atoms with E-state index in [9.17, 15) is 4.79 Å². The van der Waals surface area contributed by atoms with E-state index in [2.05, 4.69) is 27.7 Å². The van der Waals surface area contributed by atoms with E-state index in [1.807, 2.05) is 15.7 Å². The van der Waals surface area contributed by atoms with Gasteiger partial charge in [0.1, 0.15) is 5.69 Å². The Morgan fingerprint density at radius 3 is 2.53 bits per heavy atom. The minimum absolute atomic E-state index is 0.126. The number of hydrogen-bond donors (Lipinski definition) is 1. The molecule has 1 aliphatic carbocycles. The van der Waals surface area contributed by atoms with Gasteiger partial charge in [-0.3, -0.25) is 4.79 Å². The number of nitrogens with two attached hydrogens (primary N) is 1. The molecule has 2 rings (SSSR count). The lowest BCUT2D eigenvalue weighted by molar-refractivity contribution is 0.0710. The summed E-state index contributed by atoms with van der Waals surface area (Å²) in [4.78, 5) is 14.8. The number of nitrogens with zero attached hydrogens (tertiary/aromatic N) is 2. The maximum Gasteiger partial charge on any atom is 0.270 e. The number of anilines is 1. The lowest BCUT2D eigenvalue weighted by atomic mass is 10.2. The van der Waals surface area contributed by atoms with Crippen LogP contribution in [0.25, 0.3) is 0 Å². The van der Waals surface area contributed by atoms with Crippen molar-refractivity contribution in [2.45, 2.75) is 52.6 Å². The van der Waals surface area contributed by atoms with Crippen LogP contribution in [0.1, 0.15) is 57.1 Å². The fourth-order valence-electron chi connectivity index (χ4n) is 2.42. The fourth-order valence-corrected chi connectivity index (χ4v) is 2.42. The Kier molecular flexibility index (Phi) is 3.88. The SMILES string of the molecule is CC(C)CN(C(=O)c1cc(N)cn1C(C)C)C1CC1. The van der Waals surface area contributed by atoms with Gasteiger partial charge in [0.15, 0.2) is 0 Å². The van der Waals surface area contributed by atoms with Crippen molar-refractivity contribution in [3.63, 3.8) is 0 Å². The summed E-state index contributed by atoms with van der Waals surface area (Å²) in [6, 6.07) is 2.49. The molecule has 0 bridgehead atoms. The van der Waals surface area contributed by atoms with Crippen LogP contribution >= 0.6 is 0 Å². The summed E-state index contributed by atoms with van der Waals surface area (Å²) in [6.07, 6.45) is 4.13. The van der Waals surface area contributed by atoms with Gasteiger partial charge in [0.25, 0.3) is 5.91 Å². The molecule has 0 aromatic carbocycles. The second-order valence-electron chi connectivity index (χ2n) is 6.24. The van der Waals surface area contributed by atoms with Gasteiger partial charge in [-0.15, -0.1) is 0 Å². The van der Waals surface area contributed by atoms with Crippen LogP contribution in [0.5, 0.6) is 0 Å². The van der Waals surface area contributed by atoms with Crippen LogP contribution in [-0.4, -0.2) is 28.0 Å². The van der Waals surface area contributed by atoms with Gasteiger partial charge in [-0.05, 0) is 38.7 Å². The molecule has 1 aromatic heterocycles. The molecule has 19 heavy (non-hydrogen) atoms. The molecule has 2 N–H and O–H groups in total. The van der Waals surface area contributed by atoms with E-state index in [0.717, 1.165) is 25.1 Å². The third kappa shape index (κ3) is 3.11. The predicted molar refractivity (Wildman–Crippen MR) is 78.1 cm³/mol. The van der Waals surface area contributed by atoms with E-state index in [4.69, 9.17) is 5.73 Å². The van der Waals surface area contributed by atoms with Crippen LogP contribution in [0.15, 0.2) is 12.3 Å². The highest BCUT2D eigenvalue weighted by molar-refractivity contribution is 5.94.